The normalized spacial score (nSPS) is 26.2. The second-order valence-corrected chi connectivity index (χ2v) is 5.78. The highest BCUT2D eigenvalue weighted by molar-refractivity contribution is 4.85. The Hall–Kier alpha value is -0.120. The molecule has 1 aliphatic rings. The SMILES string of the molecule is CCC(C)(CO)CNC1CCN(C(C)C)C1. The van der Waals surface area contributed by atoms with Crippen molar-refractivity contribution >= 4 is 0 Å². The van der Waals surface area contributed by atoms with Gasteiger partial charge in [-0.15, -0.1) is 0 Å². The molecule has 2 atom stereocenters. The Morgan fingerprint density at radius 1 is 1.50 bits per heavy atom. The molecule has 1 saturated heterocycles. The molecule has 1 heterocycles. The van der Waals surface area contributed by atoms with Crippen molar-refractivity contribution < 1.29 is 5.11 Å². The van der Waals surface area contributed by atoms with Crippen molar-refractivity contribution in [3.63, 3.8) is 0 Å². The van der Waals surface area contributed by atoms with Crippen LogP contribution in [0.1, 0.15) is 40.5 Å². The van der Waals surface area contributed by atoms with Crippen LogP contribution in [0, 0.1) is 5.41 Å². The second kappa shape index (κ2) is 5.99. The molecule has 3 heteroatoms. The van der Waals surface area contributed by atoms with E-state index in [2.05, 4.69) is 37.9 Å². The molecule has 0 bridgehead atoms. The molecular formula is C13H28N2O. The fourth-order valence-electron chi connectivity index (χ4n) is 2.11. The zero-order chi connectivity index (χ0) is 12.2. The van der Waals surface area contributed by atoms with Gasteiger partial charge in [0.15, 0.2) is 0 Å². The number of likely N-dealkylation sites (tertiary alicyclic amines) is 1. The van der Waals surface area contributed by atoms with E-state index in [-0.39, 0.29) is 12.0 Å². The molecule has 0 aromatic heterocycles. The third kappa shape index (κ3) is 3.72. The van der Waals surface area contributed by atoms with Crippen LogP contribution in [0.3, 0.4) is 0 Å². The molecule has 1 rings (SSSR count). The molecule has 3 nitrogen and oxygen atoms in total. The Kier molecular flexibility index (Phi) is 5.22. The third-order valence-electron chi connectivity index (χ3n) is 4.00. The summed E-state index contributed by atoms with van der Waals surface area (Å²) in [5.41, 5.74) is 0.0469. The number of nitrogens with zero attached hydrogens (tertiary/aromatic N) is 1. The minimum absolute atomic E-state index is 0.0469. The molecule has 0 amide bonds. The van der Waals surface area contributed by atoms with Crippen LogP contribution in [0.5, 0.6) is 0 Å². The molecule has 96 valence electrons. The van der Waals surface area contributed by atoms with E-state index >= 15 is 0 Å². The van der Waals surface area contributed by atoms with Crippen molar-refractivity contribution in [2.45, 2.75) is 52.6 Å². The zero-order valence-electron chi connectivity index (χ0n) is 11.3. The van der Waals surface area contributed by atoms with Gasteiger partial charge in [-0.05, 0) is 33.2 Å². The van der Waals surface area contributed by atoms with E-state index in [1.165, 1.54) is 13.0 Å². The summed E-state index contributed by atoms with van der Waals surface area (Å²) in [5.74, 6) is 0. The Morgan fingerprint density at radius 2 is 2.19 bits per heavy atom. The Labute approximate surface area is 100 Å². The maximum absolute atomic E-state index is 9.35. The van der Waals surface area contributed by atoms with Gasteiger partial charge in [0, 0.05) is 37.2 Å². The van der Waals surface area contributed by atoms with Gasteiger partial charge in [-0.2, -0.15) is 0 Å². The number of aliphatic hydroxyl groups excluding tert-OH is 1. The fraction of sp³-hybridized carbons (Fsp3) is 1.00. The minimum Gasteiger partial charge on any atom is -0.396 e. The fourth-order valence-corrected chi connectivity index (χ4v) is 2.11. The standard InChI is InChI=1S/C13H28N2O/c1-5-13(4,10-16)9-14-12-6-7-15(8-12)11(2)3/h11-12,14,16H,5-10H2,1-4H3. The first-order valence-electron chi connectivity index (χ1n) is 6.59. The molecule has 0 aromatic carbocycles. The van der Waals surface area contributed by atoms with Crippen molar-refractivity contribution in [3.05, 3.63) is 0 Å². The lowest BCUT2D eigenvalue weighted by molar-refractivity contribution is 0.131. The van der Waals surface area contributed by atoms with Gasteiger partial charge >= 0.3 is 0 Å². The van der Waals surface area contributed by atoms with Gasteiger partial charge in [-0.3, -0.25) is 4.90 Å². The van der Waals surface area contributed by atoms with Gasteiger partial charge in [-0.25, -0.2) is 0 Å². The lowest BCUT2D eigenvalue weighted by atomic mass is 9.88. The van der Waals surface area contributed by atoms with E-state index in [0.717, 1.165) is 19.5 Å². The number of rotatable bonds is 6. The van der Waals surface area contributed by atoms with Crippen LogP contribution in [-0.4, -0.2) is 48.3 Å². The van der Waals surface area contributed by atoms with Crippen LogP contribution in [0.2, 0.25) is 0 Å². The van der Waals surface area contributed by atoms with Gasteiger partial charge in [0.25, 0.3) is 0 Å². The summed E-state index contributed by atoms with van der Waals surface area (Å²) in [6.45, 7) is 12.4. The van der Waals surface area contributed by atoms with Gasteiger partial charge < -0.3 is 10.4 Å². The van der Waals surface area contributed by atoms with Gasteiger partial charge in [0.1, 0.15) is 0 Å². The topological polar surface area (TPSA) is 35.5 Å². The van der Waals surface area contributed by atoms with Crippen LogP contribution in [0.25, 0.3) is 0 Å². The predicted molar refractivity (Wildman–Crippen MR) is 68.6 cm³/mol. The van der Waals surface area contributed by atoms with Crippen molar-refractivity contribution in [2.75, 3.05) is 26.2 Å². The number of nitrogens with one attached hydrogen (secondary N) is 1. The largest absolute Gasteiger partial charge is 0.396 e. The number of hydrogen-bond acceptors (Lipinski definition) is 3. The van der Waals surface area contributed by atoms with Crippen LogP contribution >= 0.6 is 0 Å². The molecule has 1 aliphatic heterocycles. The summed E-state index contributed by atoms with van der Waals surface area (Å²) < 4.78 is 0. The van der Waals surface area contributed by atoms with E-state index in [1.807, 2.05) is 0 Å². The van der Waals surface area contributed by atoms with Crippen LogP contribution < -0.4 is 5.32 Å². The first-order valence-corrected chi connectivity index (χ1v) is 6.59. The van der Waals surface area contributed by atoms with E-state index < -0.39 is 0 Å². The van der Waals surface area contributed by atoms with Crippen molar-refractivity contribution in [3.8, 4) is 0 Å². The molecule has 0 aromatic rings. The highest BCUT2D eigenvalue weighted by Gasteiger charge is 2.27. The first-order chi connectivity index (χ1) is 7.50. The summed E-state index contributed by atoms with van der Waals surface area (Å²) in [7, 11) is 0. The first kappa shape index (κ1) is 13.9. The quantitative estimate of drug-likeness (QED) is 0.722. The predicted octanol–water partition coefficient (Wildman–Crippen LogP) is 1.47. The lowest BCUT2D eigenvalue weighted by Gasteiger charge is -2.28. The maximum atomic E-state index is 9.35. The zero-order valence-corrected chi connectivity index (χ0v) is 11.3. The number of hydrogen-bond donors (Lipinski definition) is 2. The summed E-state index contributed by atoms with van der Waals surface area (Å²) >= 11 is 0. The van der Waals surface area contributed by atoms with E-state index in [4.69, 9.17) is 0 Å². The molecular weight excluding hydrogens is 200 g/mol. The van der Waals surface area contributed by atoms with Crippen molar-refractivity contribution in [1.29, 1.82) is 0 Å². The number of aliphatic hydroxyl groups is 1. The lowest BCUT2D eigenvalue weighted by Crippen LogP contribution is -2.41. The molecule has 1 fully saturated rings. The maximum Gasteiger partial charge on any atom is 0.0496 e. The Balaban J connectivity index is 2.29. The van der Waals surface area contributed by atoms with Crippen molar-refractivity contribution in [2.24, 2.45) is 5.41 Å². The van der Waals surface area contributed by atoms with Crippen LogP contribution in [0.15, 0.2) is 0 Å². The summed E-state index contributed by atoms with van der Waals surface area (Å²) in [6.07, 6.45) is 2.26. The molecule has 0 radical (unpaired) electrons. The molecule has 2 unspecified atom stereocenters. The second-order valence-electron chi connectivity index (χ2n) is 5.78. The molecule has 0 spiro atoms. The molecule has 0 aliphatic carbocycles. The monoisotopic (exact) mass is 228 g/mol. The molecule has 0 saturated carbocycles. The molecule has 16 heavy (non-hydrogen) atoms. The Morgan fingerprint density at radius 3 is 2.62 bits per heavy atom. The highest BCUT2D eigenvalue weighted by Crippen LogP contribution is 2.20. The highest BCUT2D eigenvalue weighted by atomic mass is 16.3. The van der Waals surface area contributed by atoms with Crippen LogP contribution in [0.4, 0.5) is 0 Å². The summed E-state index contributed by atoms with van der Waals surface area (Å²) in [4.78, 5) is 2.51. The van der Waals surface area contributed by atoms with Gasteiger partial charge in [-0.1, -0.05) is 13.8 Å². The average Bonchev–Trinajstić information content (AvgIpc) is 2.75. The van der Waals surface area contributed by atoms with E-state index in [1.54, 1.807) is 0 Å². The van der Waals surface area contributed by atoms with Gasteiger partial charge in [0.2, 0.25) is 0 Å². The van der Waals surface area contributed by atoms with E-state index in [0.29, 0.717) is 12.1 Å². The average molecular weight is 228 g/mol. The minimum atomic E-state index is 0.0469. The summed E-state index contributed by atoms with van der Waals surface area (Å²) in [6, 6.07) is 1.27. The van der Waals surface area contributed by atoms with Crippen LogP contribution in [-0.2, 0) is 0 Å². The summed E-state index contributed by atoms with van der Waals surface area (Å²) in [5, 5.41) is 13.0. The van der Waals surface area contributed by atoms with Crippen molar-refractivity contribution in [1.82, 2.24) is 10.2 Å². The third-order valence-corrected chi connectivity index (χ3v) is 4.00. The smallest absolute Gasteiger partial charge is 0.0496 e. The molecule has 2 N–H and O–H groups in total. The van der Waals surface area contributed by atoms with Gasteiger partial charge in [0.05, 0.1) is 0 Å². The Bertz CT molecular complexity index is 202. The van der Waals surface area contributed by atoms with E-state index in [9.17, 15) is 5.11 Å².